The van der Waals surface area contributed by atoms with Crippen molar-refractivity contribution >= 4 is 24.0 Å². The second-order valence-electron chi connectivity index (χ2n) is 6.99. The largest absolute Gasteiger partial charge is 0.447 e. The van der Waals surface area contributed by atoms with E-state index in [1.54, 1.807) is 60.7 Å². The highest BCUT2D eigenvalue weighted by Crippen LogP contribution is 2.37. The number of amides is 4. The molecule has 2 aliphatic heterocycles. The predicted molar refractivity (Wildman–Crippen MR) is 104 cm³/mol. The predicted octanol–water partition coefficient (Wildman–Crippen LogP) is 2.51. The lowest BCUT2D eigenvalue weighted by atomic mass is 9.79. The van der Waals surface area contributed by atoms with E-state index >= 15 is 0 Å². The summed E-state index contributed by atoms with van der Waals surface area (Å²) in [7, 11) is 0. The van der Waals surface area contributed by atoms with E-state index in [0.29, 0.717) is 11.1 Å². The summed E-state index contributed by atoms with van der Waals surface area (Å²) in [5.41, 5.74) is 1.13. The molecule has 2 unspecified atom stereocenters. The summed E-state index contributed by atoms with van der Waals surface area (Å²) in [6.07, 6.45) is -1.47. The summed E-state index contributed by atoms with van der Waals surface area (Å²) in [6, 6.07) is 17.6. The maximum atomic E-state index is 13.5. The van der Waals surface area contributed by atoms with Gasteiger partial charge in [-0.05, 0) is 11.1 Å². The number of ether oxygens (including phenoxy) is 2. The molecule has 2 saturated heterocycles. The second-order valence-corrected chi connectivity index (χ2v) is 6.99. The molecule has 0 saturated carbocycles. The fourth-order valence-electron chi connectivity index (χ4n) is 3.80. The van der Waals surface area contributed by atoms with E-state index in [0.717, 1.165) is 9.80 Å². The average molecular weight is 408 g/mol. The first-order valence-corrected chi connectivity index (χ1v) is 9.64. The summed E-state index contributed by atoms with van der Waals surface area (Å²) in [5, 5.41) is 0. The monoisotopic (exact) mass is 408 g/mol. The lowest BCUT2D eigenvalue weighted by molar-refractivity contribution is -0.136. The van der Waals surface area contributed by atoms with Gasteiger partial charge >= 0.3 is 12.2 Å². The third-order valence-electron chi connectivity index (χ3n) is 5.24. The van der Waals surface area contributed by atoms with E-state index in [1.165, 1.54) is 0 Å². The van der Waals surface area contributed by atoms with Crippen molar-refractivity contribution in [3.8, 4) is 0 Å². The van der Waals surface area contributed by atoms with E-state index in [1.807, 2.05) is 0 Å². The number of cyclic esters (lactones) is 2. The van der Waals surface area contributed by atoms with Gasteiger partial charge < -0.3 is 9.47 Å². The SMILES string of the molecule is O=C1OCCN1C(=O)C(c1ccccc1)C(C(=O)N1CCOC1=O)c1ccccc1. The first kappa shape index (κ1) is 19.6. The molecule has 8 heteroatoms. The molecule has 4 rings (SSSR count). The Labute approximate surface area is 173 Å². The molecule has 0 radical (unpaired) electrons. The topological polar surface area (TPSA) is 93.2 Å². The maximum Gasteiger partial charge on any atom is 0.416 e. The molecule has 8 nitrogen and oxygen atoms in total. The molecule has 0 N–H and O–H groups in total. The van der Waals surface area contributed by atoms with Crippen LogP contribution in [0.5, 0.6) is 0 Å². The van der Waals surface area contributed by atoms with Crippen LogP contribution in [0.4, 0.5) is 9.59 Å². The van der Waals surface area contributed by atoms with E-state index in [9.17, 15) is 19.2 Å². The third-order valence-corrected chi connectivity index (χ3v) is 5.24. The number of hydrogen-bond donors (Lipinski definition) is 0. The van der Waals surface area contributed by atoms with Crippen molar-refractivity contribution in [3.05, 3.63) is 71.8 Å². The van der Waals surface area contributed by atoms with Crippen LogP contribution in [0.25, 0.3) is 0 Å². The van der Waals surface area contributed by atoms with Crippen LogP contribution in [0, 0.1) is 0 Å². The van der Waals surface area contributed by atoms with E-state index < -0.39 is 35.8 Å². The smallest absolute Gasteiger partial charge is 0.416 e. The van der Waals surface area contributed by atoms with Gasteiger partial charge in [-0.1, -0.05) is 60.7 Å². The highest BCUT2D eigenvalue weighted by atomic mass is 16.6. The van der Waals surface area contributed by atoms with Gasteiger partial charge in [-0.15, -0.1) is 0 Å². The Balaban J connectivity index is 1.82. The summed E-state index contributed by atoms with van der Waals surface area (Å²) in [5.74, 6) is -3.11. The van der Waals surface area contributed by atoms with Gasteiger partial charge in [0.25, 0.3) is 0 Å². The number of nitrogens with zero attached hydrogens (tertiary/aromatic N) is 2. The first-order chi connectivity index (χ1) is 14.6. The fraction of sp³-hybridized carbons (Fsp3) is 0.273. The number of carbonyl (C=O) groups is 4. The van der Waals surface area contributed by atoms with Gasteiger partial charge in [-0.2, -0.15) is 0 Å². The van der Waals surface area contributed by atoms with Crippen LogP contribution in [0.1, 0.15) is 23.0 Å². The molecular weight excluding hydrogens is 388 g/mol. The van der Waals surface area contributed by atoms with Crippen LogP contribution in [0.3, 0.4) is 0 Å². The number of rotatable bonds is 5. The Hall–Kier alpha value is -3.68. The first-order valence-electron chi connectivity index (χ1n) is 9.64. The average Bonchev–Trinajstić information content (AvgIpc) is 3.40. The van der Waals surface area contributed by atoms with Crippen molar-refractivity contribution < 1.29 is 28.7 Å². The Morgan fingerprint density at radius 3 is 1.33 bits per heavy atom. The van der Waals surface area contributed by atoms with Gasteiger partial charge in [0.2, 0.25) is 11.8 Å². The van der Waals surface area contributed by atoms with E-state index in [2.05, 4.69) is 0 Å². The van der Waals surface area contributed by atoms with Crippen molar-refractivity contribution in [2.45, 2.75) is 11.8 Å². The zero-order valence-corrected chi connectivity index (χ0v) is 16.1. The zero-order valence-electron chi connectivity index (χ0n) is 16.1. The standard InChI is InChI=1S/C22H20N2O6/c25-19(23-11-13-29-21(23)27)17(15-7-3-1-4-8-15)18(16-9-5-2-6-10-16)20(26)24-12-14-30-22(24)28/h1-10,17-18H,11-14H2. The highest BCUT2D eigenvalue weighted by molar-refractivity contribution is 6.04. The third kappa shape index (κ3) is 3.63. The van der Waals surface area contributed by atoms with Gasteiger partial charge in [0.05, 0.1) is 24.9 Å². The minimum absolute atomic E-state index is 0.106. The summed E-state index contributed by atoms with van der Waals surface area (Å²) >= 11 is 0. The number of carbonyl (C=O) groups excluding carboxylic acids is 4. The number of benzene rings is 2. The van der Waals surface area contributed by atoms with Gasteiger partial charge in [-0.3, -0.25) is 9.59 Å². The molecule has 2 aliphatic rings. The number of hydrogen-bond acceptors (Lipinski definition) is 6. The zero-order chi connectivity index (χ0) is 21.1. The molecule has 2 fully saturated rings. The molecule has 2 heterocycles. The normalized spacial score (nSPS) is 18.0. The summed E-state index contributed by atoms with van der Waals surface area (Å²) < 4.78 is 9.86. The Bertz CT molecular complexity index is 883. The van der Waals surface area contributed by atoms with E-state index in [-0.39, 0.29) is 26.3 Å². The molecule has 0 bridgehead atoms. The van der Waals surface area contributed by atoms with Gasteiger partial charge in [0.1, 0.15) is 13.2 Å². The van der Waals surface area contributed by atoms with Crippen LogP contribution in [0.2, 0.25) is 0 Å². The molecule has 2 aromatic carbocycles. The Morgan fingerprint density at radius 1 is 0.667 bits per heavy atom. The van der Waals surface area contributed by atoms with Crippen LogP contribution >= 0.6 is 0 Å². The van der Waals surface area contributed by atoms with Crippen LogP contribution < -0.4 is 0 Å². The molecule has 4 amide bonds. The van der Waals surface area contributed by atoms with Crippen LogP contribution in [-0.4, -0.2) is 60.1 Å². The Kier molecular flexibility index (Phi) is 5.47. The van der Waals surface area contributed by atoms with Crippen molar-refractivity contribution in [1.29, 1.82) is 0 Å². The molecule has 30 heavy (non-hydrogen) atoms. The molecular formula is C22H20N2O6. The van der Waals surface area contributed by atoms with Crippen molar-refractivity contribution in [1.82, 2.24) is 9.80 Å². The molecule has 154 valence electrons. The second kappa shape index (κ2) is 8.36. The molecule has 0 spiro atoms. The minimum atomic E-state index is -1.01. The minimum Gasteiger partial charge on any atom is -0.447 e. The van der Waals surface area contributed by atoms with Crippen molar-refractivity contribution in [3.63, 3.8) is 0 Å². The van der Waals surface area contributed by atoms with Gasteiger partial charge in [-0.25, -0.2) is 19.4 Å². The molecule has 2 aromatic rings. The fourth-order valence-corrected chi connectivity index (χ4v) is 3.80. The van der Waals surface area contributed by atoms with Crippen LogP contribution in [0.15, 0.2) is 60.7 Å². The summed E-state index contributed by atoms with van der Waals surface area (Å²) in [6.45, 7) is 0.438. The molecule has 0 aromatic heterocycles. The molecule has 2 atom stereocenters. The van der Waals surface area contributed by atoms with Gasteiger partial charge in [0, 0.05) is 0 Å². The lowest BCUT2D eigenvalue weighted by Gasteiger charge is -2.30. The van der Waals surface area contributed by atoms with Gasteiger partial charge in [0.15, 0.2) is 0 Å². The highest BCUT2D eigenvalue weighted by Gasteiger charge is 2.45. The summed E-state index contributed by atoms with van der Waals surface area (Å²) in [4.78, 5) is 53.3. The van der Waals surface area contributed by atoms with Crippen molar-refractivity contribution in [2.75, 3.05) is 26.3 Å². The van der Waals surface area contributed by atoms with E-state index in [4.69, 9.17) is 9.47 Å². The maximum absolute atomic E-state index is 13.5. The van der Waals surface area contributed by atoms with Crippen molar-refractivity contribution in [2.24, 2.45) is 0 Å². The Morgan fingerprint density at radius 2 is 1.03 bits per heavy atom. The number of imide groups is 2. The van der Waals surface area contributed by atoms with Crippen LogP contribution in [-0.2, 0) is 19.1 Å². The quantitative estimate of drug-likeness (QED) is 0.755. The molecule has 0 aliphatic carbocycles. The lowest BCUT2D eigenvalue weighted by Crippen LogP contribution is -2.44.